The molecule has 0 aromatic heterocycles. The molecule has 1 atom stereocenters. The average Bonchev–Trinajstić information content (AvgIpc) is 2.13. The number of amides is 1. The Morgan fingerprint density at radius 3 is 2.43 bits per heavy atom. The van der Waals surface area contributed by atoms with Crippen LogP contribution in [0, 0.1) is 17.2 Å². The van der Waals surface area contributed by atoms with Gasteiger partial charge in [-0.2, -0.15) is 5.26 Å². The van der Waals surface area contributed by atoms with Crippen LogP contribution in [0.5, 0.6) is 0 Å². The summed E-state index contributed by atoms with van der Waals surface area (Å²) in [7, 11) is 1.72. The van der Waals surface area contributed by atoms with Gasteiger partial charge in [-0.1, -0.05) is 20.8 Å². The zero-order valence-corrected chi connectivity index (χ0v) is 9.58. The van der Waals surface area contributed by atoms with Crippen LogP contribution in [0.1, 0.15) is 40.0 Å². The first-order chi connectivity index (χ1) is 6.52. The van der Waals surface area contributed by atoms with Gasteiger partial charge in [-0.25, -0.2) is 0 Å². The smallest absolute Gasteiger partial charge is 0.223 e. The molecule has 1 amide bonds. The standard InChI is InChI=1S/C11H20N2O/c1-5-6-11(14)13(4)10(8-12)7-9(2)3/h9-10H,5-7H2,1-4H3. The second-order valence-corrected chi connectivity index (χ2v) is 4.03. The van der Waals surface area contributed by atoms with E-state index in [9.17, 15) is 4.79 Å². The predicted molar refractivity (Wildman–Crippen MR) is 56.5 cm³/mol. The monoisotopic (exact) mass is 196 g/mol. The van der Waals surface area contributed by atoms with E-state index in [0.717, 1.165) is 12.8 Å². The van der Waals surface area contributed by atoms with Gasteiger partial charge in [0.25, 0.3) is 0 Å². The van der Waals surface area contributed by atoms with E-state index in [0.29, 0.717) is 12.3 Å². The Balaban J connectivity index is 4.24. The van der Waals surface area contributed by atoms with Crippen LogP contribution in [-0.4, -0.2) is 23.9 Å². The fourth-order valence-corrected chi connectivity index (χ4v) is 1.31. The van der Waals surface area contributed by atoms with Crippen LogP contribution in [0.15, 0.2) is 0 Å². The van der Waals surface area contributed by atoms with Gasteiger partial charge in [-0.15, -0.1) is 0 Å². The van der Waals surface area contributed by atoms with E-state index < -0.39 is 0 Å². The molecule has 0 aromatic rings. The minimum atomic E-state index is -0.269. The molecule has 0 heterocycles. The van der Waals surface area contributed by atoms with E-state index in [1.807, 2.05) is 6.92 Å². The average molecular weight is 196 g/mol. The Bertz CT molecular complexity index is 218. The number of nitriles is 1. The van der Waals surface area contributed by atoms with Crippen molar-refractivity contribution in [2.24, 2.45) is 5.92 Å². The fourth-order valence-electron chi connectivity index (χ4n) is 1.31. The van der Waals surface area contributed by atoms with Crippen molar-refractivity contribution in [2.45, 2.75) is 46.1 Å². The van der Waals surface area contributed by atoms with Gasteiger partial charge in [0.15, 0.2) is 0 Å². The normalized spacial score (nSPS) is 12.3. The van der Waals surface area contributed by atoms with Gasteiger partial charge in [-0.3, -0.25) is 4.79 Å². The fraction of sp³-hybridized carbons (Fsp3) is 0.818. The Hall–Kier alpha value is -1.04. The van der Waals surface area contributed by atoms with Gasteiger partial charge in [0.1, 0.15) is 6.04 Å². The number of nitrogens with zero attached hydrogens (tertiary/aromatic N) is 2. The molecule has 0 rings (SSSR count). The molecule has 0 bridgehead atoms. The zero-order valence-electron chi connectivity index (χ0n) is 9.58. The molecule has 0 spiro atoms. The lowest BCUT2D eigenvalue weighted by Gasteiger charge is -2.23. The summed E-state index contributed by atoms with van der Waals surface area (Å²) >= 11 is 0. The van der Waals surface area contributed by atoms with Crippen LogP contribution in [0.4, 0.5) is 0 Å². The predicted octanol–water partition coefficient (Wildman–Crippen LogP) is 2.18. The summed E-state index contributed by atoms with van der Waals surface area (Å²) in [5, 5.41) is 8.92. The topological polar surface area (TPSA) is 44.1 Å². The maximum absolute atomic E-state index is 11.5. The lowest BCUT2D eigenvalue weighted by atomic mass is 10.0. The maximum Gasteiger partial charge on any atom is 0.223 e. The van der Waals surface area contributed by atoms with E-state index in [1.54, 1.807) is 11.9 Å². The minimum Gasteiger partial charge on any atom is -0.330 e. The molecule has 3 heteroatoms. The van der Waals surface area contributed by atoms with Crippen molar-refractivity contribution in [3.8, 4) is 6.07 Å². The molecular formula is C11H20N2O. The Morgan fingerprint density at radius 2 is 2.07 bits per heavy atom. The SMILES string of the molecule is CCCC(=O)N(C)C(C#N)CC(C)C. The van der Waals surface area contributed by atoms with Gasteiger partial charge in [0, 0.05) is 13.5 Å². The highest BCUT2D eigenvalue weighted by molar-refractivity contribution is 5.76. The molecule has 0 saturated heterocycles. The van der Waals surface area contributed by atoms with Crippen molar-refractivity contribution in [3.05, 3.63) is 0 Å². The first-order valence-corrected chi connectivity index (χ1v) is 5.18. The molecule has 0 aliphatic rings. The van der Waals surface area contributed by atoms with Crippen LogP contribution in [0.2, 0.25) is 0 Å². The molecular weight excluding hydrogens is 176 g/mol. The van der Waals surface area contributed by atoms with E-state index in [4.69, 9.17) is 5.26 Å². The summed E-state index contributed by atoms with van der Waals surface area (Å²) in [5.74, 6) is 0.510. The molecule has 1 unspecified atom stereocenters. The Labute approximate surface area is 86.7 Å². The highest BCUT2D eigenvalue weighted by atomic mass is 16.2. The maximum atomic E-state index is 11.5. The van der Waals surface area contributed by atoms with Gasteiger partial charge in [0.05, 0.1) is 6.07 Å². The van der Waals surface area contributed by atoms with Gasteiger partial charge in [0.2, 0.25) is 5.91 Å². The molecule has 0 N–H and O–H groups in total. The summed E-state index contributed by atoms with van der Waals surface area (Å²) < 4.78 is 0. The van der Waals surface area contributed by atoms with Gasteiger partial charge >= 0.3 is 0 Å². The van der Waals surface area contributed by atoms with Gasteiger partial charge < -0.3 is 4.90 Å². The molecule has 0 aromatic carbocycles. The summed E-state index contributed by atoms with van der Waals surface area (Å²) in [5.41, 5.74) is 0. The van der Waals surface area contributed by atoms with E-state index in [2.05, 4.69) is 19.9 Å². The lowest BCUT2D eigenvalue weighted by Crippen LogP contribution is -2.36. The van der Waals surface area contributed by atoms with E-state index >= 15 is 0 Å². The van der Waals surface area contributed by atoms with E-state index in [-0.39, 0.29) is 11.9 Å². The molecule has 0 aliphatic heterocycles. The van der Waals surface area contributed by atoms with Crippen molar-refractivity contribution in [3.63, 3.8) is 0 Å². The van der Waals surface area contributed by atoms with Crippen molar-refractivity contribution in [1.82, 2.24) is 4.90 Å². The number of carbonyl (C=O) groups is 1. The molecule has 3 nitrogen and oxygen atoms in total. The summed E-state index contributed by atoms with van der Waals surface area (Å²) in [4.78, 5) is 13.1. The molecule has 0 fully saturated rings. The molecule has 14 heavy (non-hydrogen) atoms. The molecule has 0 saturated carbocycles. The summed E-state index contributed by atoms with van der Waals surface area (Å²) in [6.45, 7) is 6.08. The summed E-state index contributed by atoms with van der Waals surface area (Å²) in [6.07, 6.45) is 2.12. The molecule has 80 valence electrons. The molecule has 0 radical (unpaired) electrons. The van der Waals surface area contributed by atoms with Crippen LogP contribution in [-0.2, 0) is 4.79 Å². The zero-order chi connectivity index (χ0) is 11.1. The van der Waals surface area contributed by atoms with Crippen LogP contribution in [0.25, 0.3) is 0 Å². The highest BCUT2D eigenvalue weighted by Crippen LogP contribution is 2.10. The first kappa shape index (κ1) is 13.0. The largest absolute Gasteiger partial charge is 0.330 e. The Kier molecular flexibility index (Phi) is 5.94. The van der Waals surface area contributed by atoms with Gasteiger partial charge in [-0.05, 0) is 18.8 Å². The second-order valence-electron chi connectivity index (χ2n) is 4.03. The highest BCUT2D eigenvalue weighted by Gasteiger charge is 2.19. The van der Waals surface area contributed by atoms with Crippen molar-refractivity contribution in [2.75, 3.05) is 7.05 Å². The van der Waals surface area contributed by atoms with Crippen molar-refractivity contribution in [1.29, 1.82) is 5.26 Å². The van der Waals surface area contributed by atoms with Crippen LogP contribution < -0.4 is 0 Å². The quantitative estimate of drug-likeness (QED) is 0.676. The van der Waals surface area contributed by atoms with E-state index in [1.165, 1.54) is 0 Å². The van der Waals surface area contributed by atoms with Crippen LogP contribution in [0.3, 0.4) is 0 Å². The number of hydrogen-bond acceptors (Lipinski definition) is 2. The third-order valence-electron chi connectivity index (χ3n) is 2.17. The van der Waals surface area contributed by atoms with Crippen molar-refractivity contribution >= 4 is 5.91 Å². The number of rotatable bonds is 5. The summed E-state index contributed by atoms with van der Waals surface area (Å²) in [6, 6.07) is 1.91. The number of hydrogen-bond donors (Lipinski definition) is 0. The van der Waals surface area contributed by atoms with Crippen LogP contribution >= 0.6 is 0 Å². The van der Waals surface area contributed by atoms with Crippen molar-refractivity contribution < 1.29 is 4.79 Å². The Morgan fingerprint density at radius 1 is 1.50 bits per heavy atom. The minimum absolute atomic E-state index is 0.0692. The second kappa shape index (κ2) is 6.42. The first-order valence-electron chi connectivity index (χ1n) is 5.18. The lowest BCUT2D eigenvalue weighted by molar-refractivity contribution is -0.131. The molecule has 0 aliphatic carbocycles. The number of carbonyl (C=O) groups excluding carboxylic acids is 1. The third-order valence-corrected chi connectivity index (χ3v) is 2.17. The third kappa shape index (κ3) is 4.27.